The Morgan fingerprint density at radius 1 is 0.719 bits per heavy atom. The van der Waals surface area contributed by atoms with Gasteiger partial charge in [-0.15, -0.1) is 0 Å². The van der Waals surface area contributed by atoms with E-state index in [1.54, 1.807) is 12.1 Å². The highest BCUT2D eigenvalue weighted by Gasteiger charge is 2.26. The summed E-state index contributed by atoms with van der Waals surface area (Å²) in [4.78, 5) is 11.0. The van der Waals surface area contributed by atoms with Gasteiger partial charge in [0.25, 0.3) is 11.3 Å². The number of nitro groups is 1. The third kappa shape index (κ3) is 2.68. The molecule has 6 rings (SSSR count). The monoisotopic (exact) mass is 416 g/mol. The molecule has 5 heteroatoms. The second kappa shape index (κ2) is 7.03. The van der Waals surface area contributed by atoms with Crippen LogP contribution in [-0.2, 0) is 0 Å². The van der Waals surface area contributed by atoms with Crippen LogP contribution in [0.1, 0.15) is 0 Å². The summed E-state index contributed by atoms with van der Waals surface area (Å²) in [5.41, 5.74) is 7.39. The molecule has 0 aliphatic heterocycles. The van der Waals surface area contributed by atoms with Crippen LogP contribution in [0, 0.1) is 10.1 Å². The molecule has 5 nitrogen and oxygen atoms in total. The normalized spacial score (nSPS) is 11.4. The Morgan fingerprint density at radius 3 is 2.12 bits per heavy atom. The minimum Gasteiger partial charge on any atom is -0.258 e. The number of pyridine rings is 1. The maximum Gasteiger partial charge on any atom is 0.292 e. The summed E-state index contributed by atoms with van der Waals surface area (Å²) in [6.45, 7) is 0. The summed E-state index contributed by atoms with van der Waals surface area (Å²) in [5, 5.41) is 12.2. The Bertz CT molecular complexity index is 1640. The highest BCUT2D eigenvalue weighted by Crippen LogP contribution is 2.37. The Hall–Kier alpha value is -4.51. The molecule has 0 fully saturated rings. The Labute approximate surface area is 183 Å². The first-order chi connectivity index (χ1) is 15.7. The van der Waals surface area contributed by atoms with Crippen molar-refractivity contribution < 1.29 is 9.32 Å². The SMILES string of the molecule is O=[N+]([O-])c1ccc2c(c1)cc1c(-c3ccccc3)c(-c3ccccc3)[n+]3ccccc3n12. The van der Waals surface area contributed by atoms with Crippen molar-refractivity contribution in [1.82, 2.24) is 4.40 Å². The van der Waals surface area contributed by atoms with Crippen LogP contribution in [-0.4, -0.2) is 9.32 Å². The van der Waals surface area contributed by atoms with Crippen LogP contribution < -0.4 is 4.40 Å². The minimum absolute atomic E-state index is 0.0925. The molecule has 0 saturated heterocycles. The van der Waals surface area contributed by atoms with Gasteiger partial charge in [-0.05, 0) is 23.8 Å². The number of hydrogen-bond acceptors (Lipinski definition) is 2. The van der Waals surface area contributed by atoms with Gasteiger partial charge in [-0.25, -0.2) is 0 Å². The van der Waals surface area contributed by atoms with E-state index >= 15 is 0 Å². The molecular formula is C27H18N3O2+. The van der Waals surface area contributed by atoms with Crippen molar-refractivity contribution in [3.63, 3.8) is 0 Å². The Morgan fingerprint density at radius 2 is 1.41 bits per heavy atom. The van der Waals surface area contributed by atoms with Crippen molar-refractivity contribution in [2.75, 3.05) is 0 Å². The predicted octanol–water partition coefficient (Wildman–Crippen LogP) is 6.07. The summed E-state index contributed by atoms with van der Waals surface area (Å²) >= 11 is 0. The largest absolute Gasteiger partial charge is 0.292 e. The van der Waals surface area contributed by atoms with Gasteiger partial charge in [0, 0.05) is 29.1 Å². The van der Waals surface area contributed by atoms with E-state index in [4.69, 9.17) is 0 Å². The fraction of sp³-hybridized carbons (Fsp3) is 0. The van der Waals surface area contributed by atoms with Gasteiger partial charge in [-0.1, -0.05) is 66.7 Å². The topological polar surface area (TPSA) is 51.7 Å². The summed E-state index contributed by atoms with van der Waals surface area (Å²) < 4.78 is 4.39. The zero-order valence-electron chi connectivity index (χ0n) is 17.1. The van der Waals surface area contributed by atoms with E-state index in [0.717, 1.165) is 44.5 Å². The summed E-state index contributed by atoms with van der Waals surface area (Å²) in [6.07, 6.45) is 2.07. The molecule has 3 heterocycles. The molecule has 0 bridgehead atoms. The molecule has 0 unspecified atom stereocenters. The van der Waals surface area contributed by atoms with E-state index in [2.05, 4.69) is 51.4 Å². The Kier molecular flexibility index (Phi) is 4.01. The molecule has 0 atom stereocenters. The minimum atomic E-state index is -0.345. The van der Waals surface area contributed by atoms with Gasteiger partial charge < -0.3 is 0 Å². The van der Waals surface area contributed by atoms with Crippen LogP contribution >= 0.6 is 0 Å². The zero-order chi connectivity index (χ0) is 21.7. The van der Waals surface area contributed by atoms with Gasteiger partial charge in [-0.2, -0.15) is 8.80 Å². The first kappa shape index (κ1) is 18.3. The first-order valence-electron chi connectivity index (χ1n) is 10.4. The van der Waals surface area contributed by atoms with Crippen LogP contribution in [0.3, 0.4) is 0 Å². The number of fused-ring (bicyclic) bond motifs is 5. The molecular weight excluding hydrogens is 398 g/mol. The van der Waals surface area contributed by atoms with Gasteiger partial charge in [0.05, 0.1) is 16.7 Å². The molecule has 152 valence electrons. The standard InChI is InChI=1S/C27H18N3O2/c31-30(32)22-14-15-23-21(17-22)18-24-26(19-9-3-1-4-10-19)27(20-11-5-2-6-12-20)28-16-8-7-13-25(28)29(23)24/h1-18H/q+1. The summed E-state index contributed by atoms with van der Waals surface area (Å²) in [5.74, 6) is 0. The van der Waals surface area contributed by atoms with Gasteiger partial charge in [0.1, 0.15) is 11.0 Å². The van der Waals surface area contributed by atoms with Gasteiger partial charge in [-0.3, -0.25) is 10.1 Å². The predicted molar refractivity (Wildman–Crippen MR) is 126 cm³/mol. The highest BCUT2D eigenvalue weighted by molar-refractivity contribution is 5.99. The number of nitrogens with zero attached hydrogens (tertiary/aromatic N) is 3. The maximum atomic E-state index is 11.4. The first-order valence-corrected chi connectivity index (χ1v) is 10.4. The lowest BCUT2D eigenvalue weighted by molar-refractivity contribution is -0.501. The number of aromatic nitrogens is 2. The van der Waals surface area contributed by atoms with Crippen molar-refractivity contribution in [1.29, 1.82) is 0 Å². The fourth-order valence-corrected chi connectivity index (χ4v) is 4.56. The van der Waals surface area contributed by atoms with Crippen LogP contribution in [0.25, 0.3) is 44.5 Å². The van der Waals surface area contributed by atoms with Gasteiger partial charge in [0.2, 0.25) is 0 Å². The van der Waals surface area contributed by atoms with Gasteiger partial charge >= 0.3 is 0 Å². The zero-order valence-corrected chi connectivity index (χ0v) is 17.1. The molecule has 0 saturated carbocycles. The maximum absolute atomic E-state index is 11.4. The second-order valence-electron chi connectivity index (χ2n) is 7.75. The van der Waals surface area contributed by atoms with Crippen LogP contribution in [0.5, 0.6) is 0 Å². The van der Waals surface area contributed by atoms with E-state index in [1.165, 1.54) is 0 Å². The molecule has 32 heavy (non-hydrogen) atoms. The number of rotatable bonds is 3. The number of benzene rings is 3. The van der Waals surface area contributed by atoms with E-state index in [-0.39, 0.29) is 10.6 Å². The van der Waals surface area contributed by atoms with E-state index in [1.807, 2.05) is 54.6 Å². The summed E-state index contributed by atoms with van der Waals surface area (Å²) in [6, 6.07) is 33.9. The summed E-state index contributed by atoms with van der Waals surface area (Å²) in [7, 11) is 0. The fourth-order valence-electron chi connectivity index (χ4n) is 4.56. The van der Waals surface area contributed by atoms with Crippen molar-refractivity contribution in [2.45, 2.75) is 0 Å². The van der Waals surface area contributed by atoms with Gasteiger partial charge in [0.15, 0.2) is 5.69 Å². The third-order valence-corrected chi connectivity index (χ3v) is 5.91. The number of non-ortho nitro benzene ring substituents is 1. The van der Waals surface area contributed by atoms with E-state index < -0.39 is 0 Å². The van der Waals surface area contributed by atoms with Crippen LogP contribution in [0.15, 0.2) is 109 Å². The van der Waals surface area contributed by atoms with E-state index in [0.29, 0.717) is 0 Å². The Balaban J connectivity index is 1.88. The lowest BCUT2D eigenvalue weighted by Crippen LogP contribution is -2.28. The number of nitro benzene ring substituents is 1. The quantitative estimate of drug-likeness (QED) is 0.200. The molecule has 0 N–H and O–H groups in total. The van der Waals surface area contributed by atoms with Crippen molar-refractivity contribution in [3.05, 3.63) is 119 Å². The lowest BCUT2D eigenvalue weighted by Gasteiger charge is -2.12. The molecule has 0 aliphatic carbocycles. The van der Waals surface area contributed by atoms with Crippen LogP contribution in [0.4, 0.5) is 5.69 Å². The molecule has 6 aromatic rings. The average Bonchev–Trinajstić information content (AvgIpc) is 3.23. The highest BCUT2D eigenvalue weighted by atomic mass is 16.6. The molecule has 0 aliphatic rings. The lowest BCUT2D eigenvalue weighted by atomic mass is 9.98. The molecule has 0 amide bonds. The van der Waals surface area contributed by atoms with E-state index in [9.17, 15) is 10.1 Å². The molecule has 3 aromatic carbocycles. The molecule has 3 aromatic heterocycles. The third-order valence-electron chi connectivity index (χ3n) is 5.91. The van der Waals surface area contributed by atoms with Crippen molar-refractivity contribution >= 4 is 27.8 Å². The van der Waals surface area contributed by atoms with Crippen molar-refractivity contribution in [2.24, 2.45) is 0 Å². The van der Waals surface area contributed by atoms with Crippen molar-refractivity contribution in [3.8, 4) is 22.4 Å². The molecule has 0 radical (unpaired) electrons. The molecule has 0 spiro atoms. The smallest absolute Gasteiger partial charge is 0.258 e. The second-order valence-corrected chi connectivity index (χ2v) is 7.75. The number of hydrogen-bond donors (Lipinski definition) is 0. The average molecular weight is 416 g/mol. The van der Waals surface area contributed by atoms with Crippen LogP contribution in [0.2, 0.25) is 0 Å².